The molecule has 2 unspecified atom stereocenters. The molecule has 0 bridgehead atoms. The summed E-state index contributed by atoms with van der Waals surface area (Å²) in [7, 11) is 5.18. The fourth-order valence-corrected chi connectivity index (χ4v) is 8.41. The second-order valence-corrected chi connectivity index (χ2v) is 16.5. The van der Waals surface area contributed by atoms with Crippen LogP contribution < -0.4 is 0 Å². The van der Waals surface area contributed by atoms with Crippen molar-refractivity contribution < 1.29 is 63.5 Å². The number of methoxy groups -OCH3 is 1. The van der Waals surface area contributed by atoms with Gasteiger partial charge in [-0.25, -0.2) is 0 Å². The summed E-state index contributed by atoms with van der Waals surface area (Å²) in [4.78, 5) is 29.8. The number of aliphatic hydroxyl groups excluding tert-OH is 3. The highest BCUT2D eigenvalue weighted by Crippen LogP contribution is 2.40. The van der Waals surface area contributed by atoms with Crippen molar-refractivity contribution in [2.75, 3.05) is 21.2 Å². The fraction of sp³-hybridized carbons (Fsp3) is 0.946. The summed E-state index contributed by atoms with van der Waals surface area (Å²) < 4.78 is 37.1. The van der Waals surface area contributed by atoms with Crippen molar-refractivity contribution in [3.8, 4) is 0 Å². The number of carbonyl (C=O) groups excluding carboxylic acids is 2. The van der Waals surface area contributed by atoms with Gasteiger partial charge in [0.1, 0.15) is 29.7 Å². The number of aliphatic hydroxyl groups is 5. The predicted molar refractivity (Wildman–Crippen MR) is 186 cm³/mol. The van der Waals surface area contributed by atoms with Crippen LogP contribution in [-0.2, 0) is 38.0 Å². The van der Waals surface area contributed by atoms with Gasteiger partial charge >= 0.3 is 5.97 Å². The van der Waals surface area contributed by atoms with E-state index in [-0.39, 0.29) is 31.4 Å². The minimum Gasteiger partial charge on any atom is -0.459 e. The number of ether oxygens (including phenoxy) is 6. The molecule has 3 aliphatic heterocycles. The Morgan fingerprint density at radius 1 is 0.882 bits per heavy atom. The molecular formula is C37H67NO13. The summed E-state index contributed by atoms with van der Waals surface area (Å²) >= 11 is 0. The molecule has 14 nitrogen and oxygen atoms in total. The molecule has 3 heterocycles. The van der Waals surface area contributed by atoms with E-state index in [1.54, 1.807) is 41.5 Å². The lowest BCUT2D eigenvalue weighted by molar-refractivity contribution is -0.318. The third kappa shape index (κ3) is 9.51. The maximum atomic E-state index is 14.1. The van der Waals surface area contributed by atoms with Crippen LogP contribution in [0.15, 0.2) is 0 Å². The van der Waals surface area contributed by atoms with Gasteiger partial charge in [0.25, 0.3) is 0 Å². The number of ketones is 1. The van der Waals surface area contributed by atoms with Crippen LogP contribution in [0.2, 0.25) is 0 Å². The Morgan fingerprint density at radius 3 is 2.04 bits per heavy atom. The lowest BCUT2D eigenvalue weighted by Crippen LogP contribution is -2.61. The van der Waals surface area contributed by atoms with Gasteiger partial charge in [0.2, 0.25) is 0 Å². The highest BCUT2D eigenvalue weighted by Gasteiger charge is 2.53. The van der Waals surface area contributed by atoms with Crippen LogP contribution in [0, 0.1) is 23.7 Å². The summed E-state index contributed by atoms with van der Waals surface area (Å²) in [6.45, 7) is 16.3. The van der Waals surface area contributed by atoms with E-state index in [9.17, 15) is 35.1 Å². The Labute approximate surface area is 304 Å². The number of rotatable bonds is 7. The molecular weight excluding hydrogens is 667 g/mol. The average molecular weight is 735 g/mol. The summed E-state index contributed by atoms with van der Waals surface area (Å²) in [6, 6.07) is -0.324. The van der Waals surface area contributed by atoms with Crippen LogP contribution in [0.5, 0.6) is 0 Å². The van der Waals surface area contributed by atoms with E-state index < -0.39 is 108 Å². The number of hydrogen-bond donors (Lipinski definition) is 5. The molecule has 0 saturated carbocycles. The van der Waals surface area contributed by atoms with Crippen LogP contribution in [0.3, 0.4) is 0 Å². The fourth-order valence-electron chi connectivity index (χ4n) is 8.41. The second-order valence-electron chi connectivity index (χ2n) is 16.5. The van der Waals surface area contributed by atoms with Crippen LogP contribution >= 0.6 is 0 Å². The molecule has 0 radical (unpaired) electrons. The molecule has 0 aromatic heterocycles. The lowest BCUT2D eigenvalue weighted by Gasteiger charge is -2.49. The Hall–Kier alpha value is -1.30. The Morgan fingerprint density at radius 2 is 1.49 bits per heavy atom. The molecule has 18 atom stereocenters. The number of cyclic esters (lactones) is 1. The third-order valence-electron chi connectivity index (χ3n) is 11.8. The first-order valence-electron chi connectivity index (χ1n) is 18.5. The number of Topliss-reactive ketones (excluding diaryl/α,β-unsaturated/α-hetero) is 1. The number of esters is 1. The second kappa shape index (κ2) is 17.0. The molecule has 3 saturated heterocycles. The summed E-state index contributed by atoms with van der Waals surface area (Å²) in [5.41, 5.74) is -4.84. The zero-order chi connectivity index (χ0) is 39.0. The minimum absolute atomic E-state index is 0.0936. The van der Waals surface area contributed by atoms with E-state index in [1.807, 2.05) is 25.9 Å². The van der Waals surface area contributed by atoms with E-state index >= 15 is 0 Å². The standard InChI is InChI=1S/C37H67NO13/c1-14-25-37(10,45)30(41)20(4)27(39)18(2)16-35(8,44)32(51-34-28(40)24(38(11)12)15-19(3)47-34)21(5)29(22(6)33(43)49-25)50-26-17-36(9,46-13)31(42)23(7)48-26/h18-26,28-32,34,40-42,44-45H,14-17H2,1-13H3/t18-,19-,20+,21+,22-,23+,24+,25?,26+,28-,29?,30-,31+,32-,34+,35-,36-,37-/m1/s1/i11+1. The highest BCUT2D eigenvalue weighted by molar-refractivity contribution is 5.83. The van der Waals surface area contributed by atoms with Gasteiger partial charge in [-0.1, -0.05) is 27.7 Å². The number of carbonyl (C=O) groups is 2. The number of nitrogens with zero attached hydrogens (tertiary/aromatic N) is 1. The predicted octanol–water partition coefficient (Wildman–Crippen LogP) is 1.79. The number of likely N-dealkylation sites (N-methyl/N-ethyl adjacent to an activating group) is 1. The van der Waals surface area contributed by atoms with Gasteiger partial charge < -0.3 is 58.9 Å². The third-order valence-corrected chi connectivity index (χ3v) is 11.8. The van der Waals surface area contributed by atoms with E-state index in [0.29, 0.717) is 6.42 Å². The van der Waals surface area contributed by atoms with Crippen LogP contribution in [0.4, 0.5) is 0 Å². The van der Waals surface area contributed by atoms with Crippen molar-refractivity contribution in [1.82, 2.24) is 4.90 Å². The lowest BCUT2D eigenvalue weighted by atomic mass is 9.74. The van der Waals surface area contributed by atoms with Gasteiger partial charge in [-0.15, -0.1) is 0 Å². The van der Waals surface area contributed by atoms with Crippen molar-refractivity contribution in [2.24, 2.45) is 23.7 Å². The molecule has 0 aliphatic carbocycles. The summed E-state index contributed by atoms with van der Waals surface area (Å²) in [5, 5.41) is 57.6. The molecule has 3 rings (SSSR count). The molecule has 0 spiro atoms. The normalized spacial score (nSPS) is 49.7. The van der Waals surface area contributed by atoms with Crippen molar-refractivity contribution >= 4 is 11.8 Å². The Bertz CT molecular complexity index is 1170. The van der Waals surface area contributed by atoms with Crippen molar-refractivity contribution in [1.29, 1.82) is 0 Å². The molecule has 14 heteroatoms. The minimum atomic E-state index is -1.99. The molecule has 3 aliphatic rings. The Balaban J connectivity index is 2.18. The van der Waals surface area contributed by atoms with Gasteiger partial charge in [-0.2, -0.15) is 0 Å². The first-order valence-corrected chi connectivity index (χ1v) is 18.5. The van der Waals surface area contributed by atoms with Gasteiger partial charge in [-0.05, 0) is 74.9 Å². The molecule has 5 N–H and O–H groups in total. The molecule has 3 fully saturated rings. The molecule has 0 amide bonds. The molecule has 0 aromatic rings. The maximum Gasteiger partial charge on any atom is 0.311 e. The van der Waals surface area contributed by atoms with Crippen LogP contribution in [0.25, 0.3) is 0 Å². The smallest absolute Gasteiger partial charge is 0.311 e. The quantitative estimate of drug-likeness (QED) is 0.188. The summed E-state index contributed by atoms with van der Waals surface area (Å²) in [5.74, 6) is -4.98. The van der Waals surface area contributed by atoms with Crippen LogP contribution in [-0.4, -0.2) is 148 Å². The monoisotopic (exact) mass is 734 g/mol. The molecule has 51 heavy (non-hydrogen) atoms. The first-order chi connectivity index (χ1) is 23.4. The Kier molecular flexibility index (Phi) is 14.7. The van der Waals surface area contributed by atoms with E-state index in [2.05, 4.69) is 0 Å². The van der Waals surface area contributed by atoms with Crippen molar-refractivity contribution in [3.05, 3.63) is 0 Å². The van der Waals surface area contributed by atoms with E-state index in [0.717, 1.165) is 0 Å². The largest absolute Gasteiger partial charge is 0.459 e. The summed E-state index contributed by atoms with van der Waals surface area (Å²) in [6.07, 6.45) is -9.71. The van der Waals surface area contributed by atoms with Gasteiger partial charge in [0, 0.05) is 37.3 Å². The van der Waals surface area contributed by atoms with Gasteiger partial charge in [-0.3, -0.25) is 9.59 Å². The van der Waals surface area contributed by atoms with Gasteiger partial charge in [0.15, 0.2) is 12.6 Å². The van der Waals surface area contributed by atoms with Crippen molar-refractivity contribution in [2.45, 2.75) is 179 Å². The molecule has 0 aromatic carbocycles. The first kappa shape index (κ1) is 44.1. The molecule has 298 valence electrons. The van der Waals surface area contributed by atoms with Crippen LogP contribution in [0.1, 0.15) is 94.9 Å². The van der Waals surface area contributed by atoms with Gasteiger partial charge in [0.05, 0.1) is 47.6 Å². The highest BCUT2D eigenvalue weighted by atomic mass is 16.7. The van der Waals surface area contributed by atoms with E-state index in [1.165, 1.54) is 27.9 Å². The zero-order valence-corrected chi connectivity index (χ0v) is 32.9. The van der Waals surface area contributed by atoms with Crippen molar-refractivity contribution in [3.63, 3.8) is 0 Å². The zero-order valence-electron chi connectivity index (χ0n) is 32.9. The average Bonchev–Trinajstić information content (AvgIpc) is 3.05. The topological polar surface area (TPSA) is 194 Å². The SMILES string of the molecule is CCC1OC(=O)[C@H](C)C(O[C@H]2C[C@@](C)(OC)[C@@H](O)[C@H](C)O2)[C@H](C)[C@@H](O[C@@H]2O[C@H](C)C[C@H](N(C)[13CH3])[C@H]2O)[C@](C)(O)C[C@@H](C)C(=O)[C@H](C)[C@@H](O)[C@]1(C)O. The van der Waals surface area contributed by atoms with E-state index in [4.69, 9.17) is 28.4 Å². The number of hydrogen-bond acceptors (Lipinski definition) is 14. The maximum absolute atomic E-state index is 14.1.